The quantitative estimate of drug-likeness (QED) is 0.493. The zero-order valence-corrected chi connectivity index (χ0v) is 16.8. The van der Waals surface area contributed by atoms with Crippen molar-refractivity contribution in [3.8, 4) is 0 Å². The fourth-order valence-electron chi connectivity index (χ4n) is 2.36. The maximum Gasteiger partial charge on any atom is 0.348 e. The molecule has 0 aliphatic carbocycles. The van der Waals surface area contributed by atoms with Gasteiger partial charge in [0, 0.05) is 10.3 Å². The molecule has 2 N–H and O–H groups in total. The summed E-state index contributed by atoms with van der Waals surface area (Å²) in [6.45, 7) is 5.81. The summed E-state index contributed by atoms with van der Waals surface area (Å²) >= 11 is 4.11. The van der Waals surface area contributed by atoms with Gasteiger partial charge in [0.2, 0.25) is 5.91 Å². The van der Waals surface area contributed by atoms with Gasteiger partial charge in [-0.1, -0.05) is 0 Å². The molecule has 0 aliphatic heterocycles. The summed E-state index contributed by atoms with van der Waals surface area (Å²) in [6, 6.07) is 0. The molecule has 1 amide bonds. The van der Waals surface area contributed by atoms with Crippen molar-refractivity contribution in [3.63, 3.8) is 0 Å². The van der Waals surface area contributed by atoms with Crippen molar-refractivity contribution in [3.05, 3.63) is 27.3 Å². The summed E-state index contributed by atoms with van der Waals surface area (Å²) in [7, 11) is 0. The number of fused-ring (bicyclic) bond motifs is 1. The van der Waals surface area contributed by atoms with Crippen LogP contribution < -0.4 is 5.73 Å². The standard InChI is InChI=1S/C16H16N4O3S3/c1-4-23-15(22)12-7(2)11-13(25-12)18-6-19-14(11)26-16-20-8(3)9(24-16)5-10(17)21/h6H,4-5H2,1-3H3,(H2,17,21). The van der Waals surface area contributed by atoms with Gasteiger partial charge in [0.15, 0.2) is 4.34 Å². The Bertz CT molecular complexity index is 996. The van der Waals surface area contributed by atoms with Gasteiger partial charge >= 0.3 is 5.97 Å². The van der Waals surface area contributed by atoms with Gasteiger partial charge in [0.05, 0.1) is 18.7 Å². The molecule has 7 nitrogen and oxygen atoms in total. The molecular formula is C16H16N4O3S3. The third kappa shape index (κ3) is 3.71. The summed E-state index contributed by atoms with van der Waals surface area (Å²) < 4.78 is 5.88. The van der Waals surface area contributed by atoms with Gasteiger partial charge in [-0.15, -0.1) is 22.7 Å². The average Bonchev–Trinajstić information content (AvgIpc) is 3.08. The normalized spacial score (nSPS) is 11.0. The molecule has 0 bridgehead atoms. The molecule has 136 valence electrons. The summed E-state index contributed by atoms with van der Waals surface area (Å²) in [5, 5.41) is 1.55. The Morgan fingerprint density at radius 2 is 2.04 bits per heavy atom. The Morgan fingerprint density at radius 1 is 1.27 bits per heavy atom. The maximum absolute atomic E-state index is 12.1. The molecule has 0 fully saturated rings. The van der Waals surface area contributed by atoms with E-state index in [0.717, 1.165) is 35.7 Å². The second kappa shape index (κ2) is 7.68. The summed E-state index contributed by atoms with van der Waals surface area (Å²) in [5.74, 6) is -0.733. The number of hydrogen-bond donors (Lipinski definition) is 1. The lowest BCUT2D eigenvalue weighted by Crippen LogP contribution is -2.13. The van der Waals surface area contributed by atoms with Gasteiger partial charge in [-0.2, -0.15) is 0 Å². The van der Waals surface area contributed by atoms with Gasteiger partial charge in [-0.05, 0) is 38.1 Å². The Kier molecular flexibility index (Phi) is 5.54. The molecule has 0 spiro atoms. The molecule has 0 aromatic carbocycles. The zero-order chi connectivity index (χ0) is 18.8. The molecule has 3 aromatic rings. The van der Waals surface area contributed by atoms with Crippen LogP contribution in [0.2, 0.25) is 0 Å². The SMILES string of the molecule is CCOC(=O)c1sc2ncnc(Sc3nc(C)c(CC(N)=O)s3)c2c1C. The first-order valence-electron chi connectivity index (χ1n) is 7.74. The predicted octanol–water partition coefficient (Wildman–Crippen LogP) is 3.12. The zero-order valence-electron chi connectivity index (χ0n) is 14.4. The van der Waals surface area contributed by atoms with Crippen molar-refractivity contribution in [2.45, 2.75) is 36.6 Å². The number of thiazole rings is 1. The minimum atomic E-state index is -0.384. The van der Waals surface area contributed by atoms with Gasteiger partial charge < -0.3 is 10.5 Å². The fourth-order valence-corrected chi connectivity index (χ4v) is 5.77. The van der Waals surface area contributed by atoms with Crippen LogP contribution in [0.4, 0.5) is 0 Å². The first kappa shape index (κ1) is 18.7. The minimum absolute atomic E-state index is 0.174. The third-order valence-electron chi connectivity index (χ3n) is 3.54. The lowest BCUT2D eigenvalue weighted by Gasteiger charge is -2.01. The van der Waals surface area contributed by atoms with E-state index in [-0.39, 0.29) is 18.3 Å². The second-order valence-corrected chi connectivity index (χ2v) is 8.69. The molecule has 0 unspecified atom stereocenters. The van der Waals surface area contributed by atoms with E-state index >= 15 is 0 Å². The van der Waals surface area contributed by atoms with E-state index in [9.17, 15) is 9.59 Å². The Balaban J connectivity index is 1.98. The second-order valence-electron chi connectivity index (χ2n) is 5.37. The van der Waals surface area contributed by atoms with Crippen LogP contribution in [0.25, 0.3) is 10.2 Å². The molecule has 3 rings (SSSR count). The highest BCUT2D eigenvalue weighted by Crippen LogP contribution is 2.39. The maximum atomic E-state index is 12.1. The number of carbonyl (C=O) groups is 2. The lowest BCUT2D eigenvalue weighted by atomic mass is 10.2. The number of ether oxygens (including phenoxy) is 1. The molecule has 0 saturated heterocycles. The highest BCUT2D eigenvalue weighted by molar-refractivity contribution is 8.01. The topological polar surface area (TPSA) is 108 Å². The lowest BCUT2D eigenvalue weighted by molar-refractivity contribution is -0.117. The number of aromatic nitrogens is 3. The Morgan fingerprint density at radius 3 is 2.73 bits per heavy atom. The smallest absolute Gasteiger partial charge is 0.348 e. The number of esters is 1. The van der Waals surface area contributed by atoms with Crippen molar-refractivity contribution in [2.24, 2.45) is 5.73 Å². The van der Waals surface area contributed by atoms with Crippen molar-refractivity contribution >= 4 is 56.5 Å². The molecule has 26 heavy (non-hydrogen) atoms. The largest absolute Gasteiger partial charge is 0.462 e. The van der Waals surface area contributed by atoms with Crippen molar-refractivity contribution in [1.82, 2.24) is 15.0 Å². The monoisotopic (exact) mass is 408 g/mol. The molecule has 3 aromatic heterocycles. The van der Waals surface area contributed by atoms with Crippen LogP contribution in [0.3, 0.4) is 0 Å². The van der Waals surface area contributed by atoms with Crippen LogP contribution >= 0.6 is 34.4 Å². The summed E-state index contributed by atoms with van der Waals surface area (Å²) in [6.07, 6.45) is 1.65. The molecule has 0 atom stereocenters. The van der Waals surface area contributed by atoms with Crippen LogP contribution in [0.15, 0.2) is 15.7 Å². The van der Waals surface area contributed by atoms with E-state index in [2.05, 4.69) is 15.0 Å². The molecular weight excluding hydrogens is 392 g/mol. The predicted molar refractivity (Wildman–Crippen MR) is 102 cm³/mol. The Hall–Kier alpha value is -2.04. The van der Waals surface area contributed by atoms with Crippen molar-refractivity contribution < 1.29 is 14.3 Å². The van der Waals surface area contributed by atoms with E-state index < -0.39 is 0 Å². The molecule has 10 heteroatoms. The molecule has 0 aliphatic rings. The van der Waals surface area contributed by atoms with E-state index in [4.69, 9.17) is 10.5 Å². The number of carbonyl (C=O) groups excluding carboxylic acids is 2. The van der Waals surface area contributed by atoms with E-state index in [1.165, 1.54) is 40.8 Å². The molecule has 3 heterocycles. The van der Waals surface area contributed by atoms with Crippen LogP contribution in [0.5, 0.6) is 0 Å². The summed E-state index contributed by atoms with van der Waals surface area (Å²) in [5.41, 5.74) is 6.87. The summed E-state index contributed by atoms with van der Waals surface area (Å²) in [4.78, 5) is 38.5. The Labute approximate surface area is 162 Å². The minimum Gasteiger partial charge on any atom is -0.462 e. The fraction of sp³-hybridized carbons (Fsp3) is 0.312. The van der Waals surface area contributed by atoms with Gasteiger partial charge in [0.25, 0.3) is 0 Å². The van der Waals surface area contributed by atoms with Crippen LogP contribution in [-0.4, -0.2) is 33.4 Å². The van der Waals surface area contributed by atoms with Crippen molar-refractivity contribution in [1.29, 1.82) is 0 Å². The number of aryl methyl sites for hydroxylation is 2. The average molecular weight is 409 g/mol. The van der Waals surface area contributed by atoms with E-state index in [0.29, 0.717) is 11.5 Å². The highest BCUT2D eigenvalue weighted by atomic mass is 32.2. The highest BCUT2D eigenvalue weighted by Gasteiger charge is 2.21. The van der Waals surface area contributed by atoms with Gasteiger partial charge in [0.1, 0.15) is 21.1 Å². The number of primary amides is 1. The number of nitrogens with zero attached hydrogens (tertiary/aromatic N) is 3. The van der Waals surface area contributed by atoms with E-state index in [1.54, 1.807) is 6.92 Å². The number of amides is 1. The first-order valence-corrected chi connectivity index (χ1v) is 10.2. The van der Waals surface area contributed by atoms with Gasteiger partial charge in [-0.3, -0.25) is 4.79 Å². The van der Waals surface area contributed by atoms with E-state index in [1.807, 2.05) is 13.8 Å². The van der Waals surface area contributed by atoms with Crippen LogP contribution in [0.1, 0.15) is 32.7 Å². The third-order valence-corrected chi connectivity index (χ3v) is 6.95. The molecule has 0 saturated carbocycles. The first-order chi connectivity index (χ1) is 12.4. The van der Waals surface area contributed by atoms with Crippen LogP contribution in [-0.2, 0) is 16.0 Å². The number of hydrogen-bond acceptors (Lipinski definition) is 9. The number of rotatable bonds is 6. The van der Waals surface area contributed by atoms with Gasteiger partial charge in [-0.25, -0.2) is 19.7 Å². The van der Waals surface area contributed by atoms with Crippen LogP contribution in [0, 0.1) is 13.8 Å². The number of thiophene rings is 1. The van der Waals surface area contributed by atoms with Crippen molar-refractivity contribution in [2.75, 3.05) is 6.61 Å². The molecule has 0 radical (unpaired) electrons. The number of nitrogens with two attached hydrogens (primary N) is 1.